The molecule has 1 saturated heterocycles. The summed E-state index contributed by atoms with van der Waals surface area (Å²) in [5.41, 5.74) is 1.96. The highest BCUT2D eigenvalue weighted by Gasteiger charge is 2.42. The number of carbonyl (C=O) groups is 3. The van der Waals surface area contributed by atoms with E-state index in [0.717, 1.165) is 23.4 Å². The van der Waals surface area contributed by atoms with Crippen LogP contribution in [-0.4, -0.2) is 40.0 Å². The zero-order valence-corrected chi connectivity index (χ0v) is 17.1. The maximum absolute atomic E-state index is 12.8. The number of fused-ring (bicyclic) bond motifs is 1. The van der Waals surface area contributed by atoms with Gasteiger partial charge in [0.15, 0.2) is 5.82 Å². The van der Waals surface area contributed by atoms with Gasteiger partial charge in [-0.1, -0.05) is 30.3 Å². The first kappa shape index (κ1) is 19.9. The van der Waals surface area contributed by atoms with E-state index < -0.39 is 17.5 Å². The summed E-state index contributed by atoms with van der Waals surface area (Å²) in [5.74, 6) is 0.931. The second-order valence-corrected chi connectivity index (χ2v) is 7.87. The molecular formula is C21H25N5O4. The van der Waals surface area contributed by atoms with Crippen molar-refractivity contribution in [2.24, 2.45) is 0 Å². The molecule has 1 atom stereocenters. The highest BCUT2D eigenvalue weighted by molar-refractivity contribution is 6.06. The van der Waals surface area contributed by atoms with Gasteiger partial charge in [0.1, 0.15) is 11.3 Å². The Kier molecular flexibility index (Phi) is 5.19. The number of rotatable bonds is 6. The molecule has 30 heavy (non-hydrogen) atoms. The van der Waals surface area contributed by atoms with Crippen molar-refractivity contribution >= 4 is 29.4 Å². The van der Waals surface area contributed by atoms with Gasteiger partial charge in [-0.25, -0.2) is 4.79 Å². The number of carbonyl (C=O) groups excluding carboxylic acids is 3. The number of anilines is 2. The summed E-state index contributed by atoms with van der Waals surface area (Å²) in [4.78, 5) is 37.9. The Hall–Kier alpha value is -3.36. The number of aromatic nitrogens is 1. The number of benzene rings is 1. The Labute approximate surface area is 174 Å². The highest BCUT2D eigenvalue weighted by Crippen LogP contribution is 2.30. The summed E-state index contributed by atoms with van der Waals surface area (Å²) in [6.45, 7) is 4.64. The van der Waals surface area contributed by atoms with Crippen LogP contribution in [0.3, 0.4) is 0 Å². The van der Waals surface area contributed by atoms with Crippen LogP contribution < -0.4 is 16.0 Å². The van der Waals surface area contributed by atoms with Crippen LogP contribution in [0.25, 0.3) is 0 Å². The number of nitrogens with one attached hydrogen (secondary N) is 3. The fourth-order valence-corrected chi connectivity index (χ4v) is 3.87. The number of hydrogen-bond donors (Lipinski definition) is 3. The molecular weight excluding hydrogens is 386 g/mol. The lowest BCUT2D eigenvalue weighted by molar-refractivity contribution is -0.133. The predicted octanol–water partition coefficient (Wildman–Crippen LogP) is 2.24. The first-order valence-electron chi connectivity index (χ1n) is 10.1. The molecule has 9 nitrogen and oxygen atoms in total. The van der Waals surface area contributed by atoms with E-state index in [1.165, 1.54) is 5.56 Å². The maximum atomic E-state index is 12.8. The van der Waals surface area contributed by atoms with E-state index in [2.05, 4.69) is 34.1 Å². The standard InChI is InChI=1S/C21H25N5O4/c1-3-13-6-4-5-7-15(13)22-18-14-12-26(11-9-16(14)30-25-18)17(27)8-10-21(2)19(28)23-20(29)24-21/h4-7H,3,8-12H2,1-2H3,(H,22,25)(H2,23,24,28,29)/t21-/m1/s1. The van der Waals surface area contributed by atoms with Crippen molar-refractivity contribution in [3.05, 3.63) is 41.2 Å². The largest absolute Gasteiger partial charge is 0.359 e. The molecule has 1 fully saturated rings. The highest BCUT2D eigenvalue weighted by atomic mass is 16.5. The van der Waals surface area contributed by atoms with Crippen LogP contribution in [0.5, 0.6) is 0 Å². The van der Waals surface area contributed by atoms with Gasteiger partial charge in [0.25, 0.3) is 5.91 Å². The molecule has 0 bridgehead atoms. The number of para-hydroxylation sites is 1. The summed E-state index contributed by atoms with van der Waals surface area (Å²) >= 11 is 0. The summed E-state index contributed by atoms with van der Waals surface area (Å²) < 4.78 is 5.49. The number of amides is 4. The molecule has 3 N–H and O–H groups in total. The molecule has 2 aliphatic rings. The van der Waals surface area contributed by atoms with Crippen molar-refractivity contribution in [3.8, 4) is 0 Å². The number of imide groups is 1. The molecule has 4 amide bonds. The summed E-state index contributed by atoms with van der Waals surface area (Å²) in [6.07, 6.45) is 1.87. The number of urea groups is 1. The molecule has 0 radical (unpaired) electrons. The van der Waals surface area contributed by atoms with Crippen molar-refractivity contribution < 1.29 is 18.9 Å². The van der Waals surface area contributed by atoms with Gasteiger partial charge in [0.2, 0.25) is 5.91 Å². The lowest BCUT2D eigenvalue weighted by atomic mass is 9.95. The van der Waals surface area contributed by atoms with Crippen molar-refractivity contribution in [2.75, 3.05) is 11.9 Å². The zero-order valence-electron chi connectivity index (χ0n) is 17.1. The molecule has 0 aliphatic carbocycles. The Morgan fingerprint density at radius 3 is 2.87 bits per heavy atom. The van der Waals surface area contributed by atoms with Crippen molar-refractivity contribution in [1.82, 2.24) is 20.7 Å². The quantitative estimate of drug-likeness (QED) is 0.628. The van der Waals surface area contributed by atoms with E-state index in [9.17, 15) is 14.4 Å². The molecule has 0 saturated carbocycles. The smallest absolute Gasteiger partial charge is 0.322 e. The molecule has 1 aromatic carbocycles. The predicted molar refractivity (Wildman–Crippen MR) is 109 cm³/mol. The summed E-state index contributed by atoms with van der Waals surface area (Å²) in [7, 11) is 0. The van der Waals surface area contributed by atoms with Crippen molar-refractivity contribution in [1.29, 1.82) is 0 Å². The minimum absolute atomic E-state index is 0.0723. The normalized spacial score (nSPS) is 20.5. The average molecular weight is 411 g/mol. The first-order chi connectivity index (χ1) is 14.4. The van der Waals surface area contributed by atoms with E-state index in [0.29, 0.717) is 25.3 Å². The Morgan fingerprint density at radius 1 is 1.33 bits per heavy atom. The fourth-order valence-electron chi connectivity index (χ4n) is 3.87. The Morgan fingerprint density at radius 2 is 2.13 bits per heavy atom. The second-order valence-electron chi connectivity index (χ2n) is 7.87. The van der Waals surface area contributed by atoms with Crippen LogP contribution in [0.1, 0.15) is 43.6 Å². The van der Waals surface area contributed by atoms with Gasteiger partial charge in [-0.15, -0.1) is 0 Å². The van der Waals surface area contributed by atoms with Crippen LogP contribution in [0.2, 0.25) is 0 Å². The molecule has 3 heterocycles. The third-order valence-electron chi connectivity index (χ3n) is 5.79. The lowest BCUT2D eigenvalue weighted by Gasteiger charge is -2.28. The van der Waals surface area contributed by atoms with Crippen LogP contribution >= 0.6 is 0 Å². The molecule has 158 valence electrons. The number of aryl methyl sites for hydroxylation is 1. The summed E-state index contributed by atoms with van der Waals surface area (Å²) in [6, 6.07) is 7.49. The minimum atomic E-state index is -1.05. The lowest BCUT2D eigenvalue weighted by Crippen LogP contribution is -2.45. The van der Waals surface area contributed by atoms with E-state index in [-0.39, 0.29) is 18.7 Å². The molecule has 0 spiro atoms. The monoisotopic (exact) mass is 411 g/mol. The molecule has 2 aromatic rings. The molecule has 4 rings (SSSR count). The van der Waals surface area contributed by atoms with Gasteiger partial charge in [0, 0.05) is 25.1 Å². The Balaban J connectivity index is 1.43. The maximum Gasteiger partial charge on any atom is 0.322 e. The number of hydrogen-bond acceptors (Lipinski definition) is 6. The molecule has 1 aromatic heterocycles. The van der Waals surface area contributed by atoms with E-state index >= 15 is 0 Å². The zero-order chi connectivity index (χ0) is 21.3. The van der Waals surface area contributed by atoms with Crippen LogP contribution in [0, 0.1) is 0 Å². The average Bonchev–Trinajstić information content (AvgIpc) is 3.25. The van der Waals surface area contributed by atoms with Gasteiger partial charge in [0.05, 0.1) is 12.1 Å². The van der Waals surface area contributed by atoms with E-state index in [1.807, 2.05) is 18.2 Å². The fraction of sp³-hybridized carbons (Fsp3) is 0.429. The topological polar surface area (TPSA) is 117 Å². The SMILES string of the molecule is CCc1ccccc1Nc1noc2c1CN(C(=O)CC[C@@]1(C)NC(=O)NC1=O)CC2. The first-order valence-corrected chi connectivity index (χ1v) is 10.1. The Bertz CT molecular complexity index is 1000. The summed E-state index contributed by atoms with van der Waals surface area (Å²) in [5, 5.41) is 12.3. The van der Waals surface area contributed by atoms with Crippen molar-refractivity contribution in [2.45, 2.75) is 51.6 Å². The van der Waals surface area contributed by atoms with E-state index in [4.69, 9.17) is 4.52 Å². The van der Waals surface area contributed by atoms with Crippen LogP contribution in [0.4, 0.5) is 16.3 Å². The van der Waals surface area contributed by atoms with Gasteiger partial charge in [-0.05, 0) is 31.4 Å². The van der Waals surface area contributed by atoms with E-state index in [1.54, 1.807) is 11.8 Å². The van der Waals surface area contributed by atoms with Gasteiger partial charge < -0.3 is 20.1 Å². The third-order valence-corrected chi connectivity index (χ3v) is 5.79. The van der Waals surface area contributed by atoms with Gasteiger partial charge in [-0.3, -0.25) is 14.9 Å². The molecule has 0 unspecified atom stereocenters. The third kappa shape index (κ3) is 3.74. The van der Waals surface area contributed by atoms with Crippen molar-refractivity contribution in [3.63, 3.8) is 0 Å². The molecule has 9 heteroatoms. The van der Waals surface area contributed by atoms with Crippen LogP contribution in [-0.2, 0) is 29.0 Å². The minimum Gasteiger partial charge on any atom is -0.359 e. The molecule has 2 aliphatic heterocycles. The number of nitrogens with zero attached hydrogens (tertiary/aromatic N) is 2. The van der Waals surface area contributed by atoms with Crippen LogP contribution in [0.15, 0.2) is 28.8 Å². The van der Waals surface area contributed by atoms with Gasteiger partial charge >= 0.3 is 6.03 Å². The second kappa shape index (κ2) is 7.81. The van der Waals surface area contributed by atoms with Gasteiger partial charge in [-0.2, -0.15) is 0 Å².